The molecule has 0 aliphatic rings. The summed E-state index contributed by atoms with van der Waals surface area (Å²) in [5.41, 5.74) is -0.987. The Morgan fingerprint density at radius 1 is 1.24 bits per heavy atom. The lowest BCUT2D eigenvalue weighted by Gasteiger charge is -2.26. The van der Waals surface area contributed by atoms with Crippen LogP contribution < -0.4 is 4.72 Å². The van der Waals surface area contributed by atoms with E-state index in [1.807, 2.05) is 6.92 Å². The first-order chi connectivity index (χ1) is 7.83. The van der Waals surface area contributed by atoms with E-state index in [4.69, 9.17) is 5.11 Å². The molecule has 0 aliphatic heterocycles. The van der Waals surface area contributed by atoms with Crippen molar-refractivity contribution in [2.24, 2.45) is 5.41 Å². The van der Waals surface area contributed by atoms with Crippen LogP contribution in [0.2, 0.25) is 0 Å². The summed E-state index contributed by atoms with van der Waals surface area (Å²) < 4.78 is 25.6. The van der Waals surface area contributed by atoms with Crippen LogP contribution in [0.1, 0.15) is 46.5 Å². The molecule has 0 radical (unpaired) electrons. The molecule has 0 aromatic heterocycles. The highest BCUT2D eigenvalue weighted by molar-refractivity contribution is 7.89. The van der Waals surface area contributed by atoms with Crippen molar-refractivity contribution < 1.29 is 18.3 Å². The van der Waals surface area contributed by atoms with Crippen molar-refractivity contribution in [3.63, 3.8) is 0 Å². The van der Waals surface area contributed by atoms with Crippen molar-refractivity contribution >= 4 is 16.0 Å². The lowest BCUT2D eigenvalue weighted by atomic mass is 9.83. The van der Waals surface area contributed by atoms with Crippen molar-refractivity contribution in [2.45, 2.75) is 46.5 Å². The third kappa shape index (κ3) is 5.04. The van der Waals surface area contributed by atoms with Gasteiger partial charge in [0, 0.05) is 6.54 Å². The van der Waals surface area contributed by atoms with Crippen LogP contribution in [0.15, 0.2) is 0 Å². The highest BCUT2D eigenvalue weighted by atomic mass is 32.2. The molecule has 0 heterocycles. The van der Waals surface area contributed by atoms with Crippen molar-refractivity contribution in [1.29, 1.82) is 0 Å². The third-order valence-corrected chi connectivity index (χ3v) is 4.61. The zero-order chi connectivity index (χ0) is 13.5. The molecule has 2 N–H and O–H groups in total. The molecule has 0 saturated heterocycles. The van der Waals surface area contributed by atoms with Gasteiger partial charge in [-0.25, -0.2) is 13.1 Å². The van der Waals surface area contributed by atoms with E-state index in [1.54, 1.807) is 13.8 Å². The van der Waals surface area contributed by atoms with Crippen molar-refractivity contribution in [1.82, 2.24) is 4.72 Å². The molecule has 0 amide bonds. The van der Waals surface area contributed by atoms with E-state index in [9.17, 15) is 13.2 Å². The monoisotopic (exact) mass is 265 g/mol. The Morgan fingerprint density at radius 2 is 1.76 bits per heavy atom. The van der Waals surface area contributed by atoms with Gasteiger partial charge in [0.1, 0.15) is 0 Å². The number of carbonyl (C=O) groups is 1. The molecule has 0 unspecified atom stereocenters. The molecule has 17 heavy (non-hydrogen) atoms. The molecule has 6 heteroatoms. The molecular formula is C11H23NO4S. The van der Waals surface area contributed by atoms with E-state index < -0.39 is 21.4 Å². The summed E-state index contributed by atoms with van der Waals surface area (Å²) in [5, 5.41) is 9.16. The first-order valence-corrected chi connectivity index (χ1v) is 7.69. The van der Waals surface area contributed by atoms with E-state index in [2.05, 4.69) is 4.72 Å². The standard InChI is InChI=1S/C11H23NO4S/c1-4-7-8-17(15,16)12-9-11(5-2,6-3)10(13)14/h12H,4-9H2,1-3H3,(H,13,14). The molecule has 0 bridgehead atoms. The van der Waals surface area contributed by atoms with Gasteiger partial charge in [0.25, 0.3) is 0 Å². The quantitative estimate of drug-likeness (QED) is 0.663. The molecule has 0 aromatic rings. The van der Waals surface area contributed by atoms with E-state index >= 15 is 0 Å². The second-order valence-corrected chi connectivity index (χ2v) is 6.21. The van der Waals surface area contributed by atoms with Gasteiger partial charge < -0.3 is 5.11 Å². The molecule has 0 atom stereocenters. The largest absolute Gasteiger partial charge is 0.481 e. The highest BCUT2D eigenvalue weighted by Gasteiger charge is 2.35. The zero-order valence-electron chi connectivity index (χ0n) is 10.8. The van der Waals surface area contributed by atoms with Gasteiger partial charge in [0.2, 0.25) is 10.0 Å². The molecule has 0 fully saturated rings. The number of aliphatic carboxylic acids is 1. The van der Waals surface area contributed by atoms with Crippen LogP contribution in [0, 0.1) is 5.41 Å². The molecule has 0 spiro atoms. The maximum Gasteiger partial charge on any atom is 0.310 e. The summed E-state index contributed by atoms with van der Waals surface area (Å²) >= 11 is 0. The normalized spacial score (nSPS) is 12.6. The number of carboxylic acid groups (broad SMARTS) is 1. The Balaban J connectivity index is 4.56. The molecule has 0 aromatic carbocycles. The maximum absolute atomic E-state index is 11.6. The predicted octanol–water partition coefficient (Wildman–Crippen LogP) is 1.60. The van der Waals surface area contributed by atoms with Gasteiger partial charge in [-0.15, -0.1) is 0 Å². The summed E-state index contributed by atoms with van der Waals surface area (Å²) in [6.07, 6.45) is 2.21. The van der Waals surface area contributed by atoms with Gasteiger partial charge in [0.15, 0.2) is 0 Å². The Kier molecular flexibility index (Phi) is 6.70. The third-order valence-electron chi connectivity index (χ3n) is 3.20. The fraction of sp³-hybridized carbons (Fsp3) is 0.909. The van der Waals surface area contributed by atoms with E-state index in [-0.39, 0.29) is 12.3 Å². The Labute approximate surface area is 104 Å². The van der Waals surface area contributed by atoms with Gasteiger partial charge >= 0.3 is 5.97 Å². The lowest BCUT2D eigenvalue weighted by Crippen LogP contribution is -2.43. The Bertz CT molecular complexity index is 333. The van der Waals surface area contributed by atoms with Crippen LogP contribution >= 0.6 is 0 Å². The van der Waals surface area contributed by atoms with Gasteiger partial charge in [-0.3, -0.25) is 4.79 Å². The maximum atomic E-state index is 11.6. The second kappa shape index (κ2) is 6.96. The minimum absolute atomic E-state index is 0.0264. The van der Waals surface area contributed by atoms with E-state index in [0.717, 1.165) is 6.42 Å². The van der Waals surface area contributed by atoms with Gasteiger partial charge in [-0.2, -0.15) is 0 Å². The minimum atomic E-state index is -3.34. The fourth-order valence-electron chi connectivity index (χ4n) is 1.53. The van der Waals surface area contributed by atoms with Crippen LogP contribution in [0.3, 0.4) is 0 Å². The highest BCUT2D eigenvalue weighted by Crippen LogP contribution is 2.25. The number of hydrogen-bond acceptors (Lipinski definition) is 3. The summed E-state index contributed by atoms with van der Waals surface area (Å²) in [5.74, 6) is -0.882. The SMILES string of the molecule is CCCCS(=O)(=O)NCC(CC)(CC)C(=O)O. The van der Waals surface area contributed by atoms with Crippen molar-refractivity contribution in [2.75, 3.05) is 12.3 Å². The lowest BCUT2D eigenvalue weighted by molar-refractivity contribution is -0.149. The molecule has 102 valence electrons. The zero-order valence-corrected chi connectivity index (χ0v) is 11.6. The summed E-state index contributed by atoms with van der Waals surface area (Å²) in [6, 6.07) is 0. The topological polar surface area (TPSA) is 83.5 Å². The van der Waals surface area contributed by atoms with Crippen molar-refractivity contribution in [3.8, 4) is 0 Å². The number of rotatable bonds is 9. The number of unbranched alkanes of at least 4 members (excludes halogenated alkanes) is 1. The fourth-order valence-corrected chi connectivity index (χ4v) is 2.84. The first-order valence-electron chi connectivity index (χ1n) is 6.04. The molecule has 0 saturated carbocycles. The van der Waals surface area contributed by atoms with Gasteiger partial charge in [-0.05, 0) is 19.3 Å². The average Bonchev–Trinajstić information content (AvgIpc) is 2.28. The van der Waals surface area contributed by atoms with Gasteiger partial charge in [0.05, 0.1) is 11.2 Å². The van der Waals surface area contributed by atoms with E-state index in [0.29, 0.717) is 19.3 Å². The van der Waals surface area contributed by atoms with Crippen LogP contribution in [0.25, 0.3) is 0 Å². The Morgan fingerprint density at radius 3 is 2.12 bits per heavy atom. The first kappa shape index (κ1) is 16.4. The molecule has 0 aliphatic carbocycles. The summed E-state index contributed by atoms with van der Waals surface area (Å²) in [7, 11) is -3.34. The number of hydrogen-bond donors (Lipinski definition) is 2. The average molecular weight is 265 g/mol. The molecule has 5 nitrogen and oxygen atoms in total. The van der Waals surface area contributed by atoms with Crippen LogP contribution in [-0.2, 0) is 14.8 Å². The number of carboxylic acids is 1. The van der Waals surface area contributed by atoms with E-state index in [1.165, 1.54) is 0 Å². The molecular weight excluding hydrogens is 242 g/mol. The Hall–Kier alpha value is -0.620. The van der Waals surface area contributed by atoms with Crippen molar-refractivity contribution in [3.05, 3.63) is 0 Å². The summed E-state index contributed by atoms with van der Waals surface area (Å²) in [6.45, 7) is 5.41. The molecule has 0 rings (SSSR count). The van der Waals surface area contributed by atoms with Crippen LogP contribution in [0.4, 0.5) is 0 Å². The summed E-state index contributed by atoms with van der Waals surface area (Å²) in [4.78, 5) is 11.2. The number of nitrogens with one attached hydrogen (secondary N) is 1. The minimum Gasteiger partial charge on any atom is -0.481 e. The smallest absolute Gasteiger partial charge is 0.310 e. The van der Waals surface area contributed by atoms with Gasteiger partial charge in [-0.1, -0.05) is 27.2 Å². The van der Waals surface area contributed by atoms with Crippen LogP contribution in [0.5, 0.6) is 0 Å². The van der Waals surface area contributed by atoms with Crippen LogP contribution in [-0.4, -0.2) is 31.8 Å². The second-order valence-electron chi connectivity index (χ2n) is 4.29. The predicted molar refractivity (Wildman–Crippen MR) is 67.3 cm³/mol. The number of sulfonamides is 1.